The molecule has 2 aromatic rings. The van der Waals surface area contributed by atoms with Crippen LogP contribution < -0.4 is 4.72 Å². The molecular weight excluding hydrogens is 308 g/mol. The summed E-state index contributed by atoms with van der Waals surface area (Å²) < 4.78 is 53.3. The normalized spacial score (nSPS) is 13.1. The predicted molar refractivity (Wildman–Crippen MR) is 81.0 cm³/mol. The Balaban J connectivity index is 2.27. The van der Waals surface area contributed by atoms with Crippen LogP contribution in [0.4, 0.5) is 8.78 Å². The monoisotopic (exact) mass is 325 g/mol. The molecule has 22 heavy (non-hydrogen) atoms. The maximum absolute atomic E-state index is 13.2. The molecule has 0 spiro atoms. The van der Waals surface area contributed by atoms with Crippen molar-refractivity contribution < 1.29 is 17.2 Å². The summed E-state index contributed by atoms with van der Waals surface area (Å²) in [6.45, 7) is 5.29. The summed E-state index contributed by atoms with van der Waals surface area (Å²) >= 11 is 0. The number of nitrogens with one attached hydrogen (secondary N) is 1. The lowest BCUT2D eigenvalue weighted by molar-refractivity contribution is 0.504. The van der Waals surface area contributed by atoms with Crippen LogP contribution in [0.15, 0.2) is 41.3 Å². The van der Waals surface area contributed by atoms with E-state index in [2.05, 4.69) is 4.72 Å². The summed E-state index contributed by atoms with van der Waals surface area (Å²) in [5.41, 5.74) is 2.21. The Hall–Kier alpha value is -1.79. The molecule has 0 saturated heterocycles. The van der Waals surface area contributed by atoms with Gasteiger partial charge in [0.25, 0.3) is 0 Å². The van der Waals surface area contributed by atoms with Crippen molar-refractivity contribution in [2.24, 2.45) is 0 Å². The lowest BCUT2D eigenvalue weighted by Crippen LogP contribution is -2.27. The van der Waals surface area contributed by atoms with Crippen molar-refractivity contribution >= 4 is 10.0 Å². The Bertz CT molecular complexity index is 804. The zero-order valence-electron chi connectivity index (χ0n) is 12.5. The van der Waals surface area contributed by atoms with E-state index in [0.717, 1.165) is 23.3 Å². The fraction of sp³-hybridized carbons (Fsp3) is 0.250. The molecule has 0 radical (unpaired) electrons. The summed E-state index contributed by atoms with van der Waals surface area (Å²) in [7, 11) is -3.74. The molecule has 0 aliphatic heterocycles. The first-order chi connectivity index (χ1) is 10.2. The van der Waals surface area contributed by atoms with Crippen LogP contribution >= 0.6 is 0 Å². The van der Waals surface area contributed by atoms with Crippen molar-refractivity contribution in [3.05, 3.63) is 64.7 Å². The molecule has 118 valence electrons. The standard InChI is InChI=1S/C16H17F2NO2S/c1-10-4-6-14(8-11(10)2)22(20,21)19-12(3)13-5-7-15(17)16(18)9-13/h4-9,12,19H,1-3H3/t12-/m0/s1. The molecule has 2 aromatic carbocycles. The average molecular weight is 325 g/mol. The smallest absolute Gasteiger partial charge is 0.207 e. The minimum Gasteiger partial charge on any atom is -0.207 e. The molecule has 0 amide bonds. The Morgan fingerprint density at radius 1 is 0.955 bits per heavy atom. The van der Waals surface area contributed by atoms with Crippen molar-refractivity contribution in [3.8, 4) is 0 Å². The van der Waals surface area contributed by atoms with Crippen LogP contribution in [0.25, 0.3) is 0 Å². The van der Waals surface area contributed by atoms with Gasteiger partial charge < -0.3 is 0 Å². The van der Waals surface area contributed by atoms with E-state index in [1.165, 1.54) is 12.1 Å². The maximum Gasteiger partial charge on any atom is 0.241 e. The van der Waals surface area contributed by atoms with Crippen LogP contribution in [-0.2, 0) is 10.0 Å². The molecule has 0 fully saturated rings. The molecule has 0 unspecified atom stereocenters. The van der Waals surface area contributed by atoms with Gasteiger partial charge in [0.1, 0.15) is 0 Å². The third-order valence-corrected chi connectivity index (χ3v) is 5.10. The third-order valence-electron chi connectivity index (χ3n) is 3.56. The molecule has 0 heterocycles. The zero-order chi connectivity index (χ0) is 16.5. The molecule has 2 rings (SSSR count). The van der Waals surface area contributed by atoms with Crippen LogP contribution in [0.3, 0.4) is 0 Å². The number of benzene rings is 2. The summed E-state index contributed by atoms with van der Waals surface area (Å²) in [6, 6.07) is 7.46. The fourth-order valence-corrected chi connectivity index (χ4v) is 3.35. The van der Waals surface area contributed by atoms with E-state index < -0.39 is 27.7 Å². The second kappa shape index (κ2) is 6.14. The highest BCUT2D eigenvalue weighted by Crippen LogP contribution is 2.20. The summed E-state index contributed by atoms with van der Waals surface area (Å²) in [6.07, 6.45) is 0. The van der Waals surface area contributed by atoms with Crippen molar-refractivity contribution in [1.82, 2.24) is 4.72 Å². The lowest BCUT2D eigenvalue weighted by Gasteiger charge is -2.15. The third kappa shape index (κ3) is 3.51. The van der Waals surface area contributed by atoms with Crippen LogP contribution in [0, 0.1) is 25.5 Å². The Kier molecular flexibility index (Phi) is 4.63. The molecule has 0 aliphatic carbocycles. The van der Waals surface area contributed by atoms with E-state index in [1.54, 1.807) is 19.1 Å². The number of sulfonamides is 1. The van der Waals surface area contributed by atoms with Crippen molar-refractivity contribution in [3.63, 3.8) is 0 Å². The number of aryl methyl sites for hydroxylation is 2. The highest BCUT2D eigenvalue weighted by molar-refractivity contribution is 7.89. The maximum atomic E-state index is 13.2. The van der Waals surface area contributed by atoms with Gasteiger partial charge in [0.2, 0.25) is 10.0 Å². The number of hydrogen-bond donors (Lipinski definition) is 1. The van der Waals surface area contributed by atoms with Gasteiger partial charge in [0, 0.05) is 6.04 Å². The Labute approximate surface area is 129 Å². The van der Waals surface area contributed by atoms with Crippen molar-refractivity contribution in [2.45, 2.75) is 31.7 Å². The number of hydrogen-bond acceptors (Lipinski definition) is 2. The zero-order valence-corrected chi connectivity index (χ0v) is 13.3. The Morgan fingerprint density at radius 2 is 1.64 bits per heavy atom. The largest absolute Gasteiger partial charge is 0.241 e. The van der Waals surface area contributed by atoms with Gasteiger partial charge in [-0.25, -0.2) is 21.9 Å². The van der Waals surface area contributed by atoms with Gasteiger partial charge in [-0.2, -0.15) is 0 Å². The molecule has 1 N–H and O–H groups in total. The van der Waals surface area contributed by atoms with Crippen LogP contribution in [0.2, 0.25) is 0 Å². The molecule has 3 nitrogen and oxygen atoms in total. The second-order valence-corrected chi connectivity index (χ2v) is 6.98. The van der Waals surface area contributed by atoms with Crippen molar-refractivity contribution in [2.75, 3.05) is 0 Å². The van der Waals surface area contributed by atoms with E-state index in [4.69, 9.17) is 0 Å². The van der Waals surface area contributed by atoms with Crippen LogP contribution in [0.5, 0.6) is 0 Å². The molecule has 0 aliphatic rings. The molecule has 0 saturated carbocycles. The SMILES string of the molecule is Cc1ccc(S(=O)(=O)N[C@@H](C)c2ccc(F)c(F)c2)cc1C. The predicted octanol–water partition coefficient (Wildman–Crippen LogP) is 3.62. The van der Waals surface area contributed by atoms with Gasteiger partial charge in [-0.15, -0.1) is 0 Å². The van der Waals surface area contributed by atoms with Gasteiger partial charge in [0.15, 0.2) is 11.6 Å². The molecule has 0 aromatic heterocycles. The first kappa shape index (κ1) is 16.6. The highest BCUT2D eigenvalue weighted by Gasteiger charge is 2.19. The van der Waals surface area contributed by atoms with E-state index in [-0.39, 0.29) is 4.90 Å². The van der Waals surface area contributed by atoms with Gasteiger partial charge >= 0.3 is 0 Å². The first-order valence-electron chi connectivity index (χ1n) is 6.75. The fourth-order valence-electron chi connectivity index (χ4n) is 2.03. The minimum absolute atomic E-state index is 0.144. The quantitative estimate of drug-likeness (QED) is 0.933. The molecule has 1 atom stereocenters. The van der Waals surface area contributed by atoms with Gasteiger partial charge in [-0.3, -0.25) is 0 Å². The van der Waals surface area contributed by atoms with Crippen LogP contribution in [-0.4, -0.2) is 8.42 Å². The highest BCUT2D eigenvalue weighted by atomic mass is 32.2. The van der Waals surface area contributed by atoms with Gasteiger partial charge in [0.05, 0.1) is 4.90 Å². The number of rotatable bonds is 4. The van der Waals surface area contributed by atoms with E-state index in [0.29, 0.717) is 5.56 Å². The summed E-state index contributed by atoms with van der Waals surface area (Å²) in [4.78, 5) is 0.144. The van der Waals surface area contributed by atoms with Crippen LogP contribution in [0.1, 0.15) is 29.7 Å². The lowest BCUT2D eigenvalue weighted by atomic mass is 10.1. The van der Waals surface area contributed by atoms with Crippen molar-refractivity contribution in [1.29, 1.82) is 0 Å². The summed E-state index contributed by atoms with van der Waals surface area (Å²) in [5, 5.41) is 0. The topological polar surface area (TPSA) is 46.2 Å². The van der Waals surface area contributed by atoms with Gasteiger partial charge in [-0.05, 0) is 61.7 Å². The number of halogens is 2. The molecule has 6 heteroatoms. The first-order valence-corrected chi connectivity index (χ1v) is 8.23. The van der Waals surface area contributed by atoms with E-state index >= 15 is 0 Å². The molecule has 0 bridgehead atoms. The minimum atomic E-state index is -3.74. The van der Waals surface area contributed by atoms with E-state index in [9.17, 15) is 17.2 Å². The Morgan fingerprint density at radius 3 is 2.23 bits per heavy atom. The molecular formula is C16H17F2NO2S. The van der Waals surface area contributed by atoms with Gasteiger partial charge in [-0.1, -0.05) is 12.1 Å². The average Bonchev–Trinajstić information content (AvgIpc) is 2.44. The summed E-state index contributed by atoms with van der Waals surface area (Å²) in [5.74, 6) is -1.97. The second-order valence-electron chi connectivity index (χ2n) is 5.26. The van der Waals surface area contributed by atoms with E-state index in [1.807, 2.05) is 13.8 Å².